The van der Waals surface area contributed by atoms with Crippen LogP contribution in [0.3, 0.4) is 0 Å². The van der Waals surface area contributed by atoms with Crippen molar-refractivity contribution >= 4 is 68.4 Å². The molecule has 1 amide bonds. The van der Waals surface area contributed by atoms with Crippen molar-refractivity contribution in [3.8, 4) is 0 Å². The van der Waals surface area contributed by atoms with E-state index in [1.165, 1.54) is 4.90 Å². The van der Waals surface area contributed by atoms with Crippen LogP contribution in [0.2, 0.25) is 5.02 Å². The Bertz CT molecular complexity index is 1140. The number of morpholine rings is 1. The van der Waals surface area contributed by atoms with Crippen LogP contribution >= 0.6 is 47.1 Å². The fourth-order valence-corrected chi connectivity index (χ4v) is 6.79. The van der Waals surface area contributed by atoms with Gasteiger partial charge in [0.2, 0.25) is 5.91 Å². The number of carbonyl (C=O) groups excluding carboxylic acids is 1. The minimum Gasteiger partial charge on any atom is -0.379 e. The Hall–Kier alpha value is -1.35. The summed E-state index contributed by atoms with van der Waals surface area (Å²) in [5, 5.41) is 1.50. The lowest BCUT2D eigenvalue weighted by molar-refractivity contribution is -0.124. The van der Waals surface area contributed by atoms with Crippen LogP contribution in [0.1, 0.15) is 31.2 Å². The average Bonchev–Trinajstić information content (AvgIpc) is 3.53. The largest absolute Gasteiger partial charge is 0.379 e. The summed E-state index contributed by atoms with van der Waals surface area (Å²) in [5.41, 5.74) is 1.51. The molecule has 3 aromatic rings. The van der Waals surface area contributed by atoms with E-state index in [4.69, 9.17) is 21.3 Å². The van der Waals surface area contributed by atoms with Crippen LogP contribution in [0, 0.1) is 0 Å². The first-order valence-electron chi connectivity index (χ1n) is 11.9. The molecule has 2 heterocycles. The van der Waals surface area contributed by atoms with Gasteiger partial charge in [-0.05, 0) is 55.0 Å². The third-order valence-electron chi connectivity index (χ3n) is 7.07. The molecule has 1 saturated carbocycles. The van der Waals surface area contributed by atoms with Crippen molar-refractivity contribution < 1.29 is 9.53 Å². The summed E-state index contributed by atoms with van der Waals surface area (Å²) in [6.45, 7) is 4.76. The SMILES string of the molecule is CSc1ccc2nc(N(CCN3CCOCC3)C(=O)C3(c4ccc(Cl)cc4)CCCC3)sc2c1.Cl. The lowest BCUT2D eigenvalue weighted by Gasteiger charge is -2.35. The number of aromatic nitrogens is 1. The zero-order valence-corrected chi connectivity index (χ0v) is 23.1. The van der Waals surface area contributed by atoms with Gasteiger partial charge >= 0.3 is 0 Å². The summed E-state index contributed by atoms with van der Waals surface area (Å²) in [7, 11) is 0. The van der Waals surface area contributed by atoms with E-state index >= 15 is 0 Å². The smallest absolute Gasteiger partial charge is 0.239 e. The van der Waals surface area contributed by atoms with E-state index in [0.717, 1.165) is 79.4 Å². The number of halogens is 2. The zero-order valence-electron chi connectivity index (χ0n) is 19.9. The van der Waals surface area contributed by atoms with Crippen molar-refractivity contribution in [1.82, 2.24) is 9.88 Å². The zero-order chi connectivity index (χ0) is 23.5. The number of nitrogens with zero attached hydrogens (tertiary/aromatic N) is 3. The van der Waals surface area contributed by atoms with Gasteiger partial charge in [0.05, 0.1) is 28.8 Å². The maximum absolute atomic E-state index is 14.4. The second kappa shape index (κ2) is 11.8. The Balaban J connectivity index is 0.00000289. The summed E-state index contributed by atoms with van der Waals surface area (Å²) < 4.78 is 6.64. The molecule has 1 aromatic heterocycles. The van der Waals surface area contributed by atoms with Gasteiger partial charge in [0.1, 0.15) is 0 Å². The number of carbonyl (C=O) groups is 1. The second-order valence-corrected chi connectivity index (χ2v) is 11.4. The number of thioether (sulfide) groups is 1. The van der Waals surface area contributed by atoms with Gasteiger partial charge in [0, 0.05) is 36.1 Å². The van der Waals surface area contributed by atoms with Crippen molar-refractivity contribution in [2.24, 2.45) is 0 Å². The van der Waals surface area contributed by atoms with Gasteiger partial charge in [-0.3, -0.25) is 14.6 Å². The summed E-state index contributed by atoms with van der Waals surface area (Å²) in [6.07, 6.45) is 5.93. The van der Waals surface area contributed by atoms with E-state index in [0.29, 0.717) is 11.6 Å². The molecule has 9 heteroatoms. The van der Waals surface area contributed by atoms with Crippen LogP contribution in [0.25, 0.3) is 10.2 Å². The first-order valence-corrected chi connectivity index (χ1v) is 14.3. The Morgan fingerprint density at radius 1 is 1.17 bits per heavy atom. The van der Waals surface area contributed by atoms with Crippen LogP contribution < -0.4 is 4.90 Å². The van der Waals surface area contributed by atoms with E-state index in [9.17, 15) is 4.79 Å². The van der Waals surface area contributed by atoms with Crippen molar-refractivity contribution in [1.29, 1.82) is 0 Å². The molecule has 2 aliphatic rings. The van der Waals surface area contributed by atoms with Crippen molar-refractivity contribution in [2.75, 3.05) is 50.5 Å². The van der Waals surface area contributed by atoms with Crippen molar-refractivity contribution in [3.05, 3.63) is 53.1 Å². The number of anilines is 1. The standard InChI is InChI=1S/C26H30ClN3O2S2.ClH/c1-33-21-8-9-22-23(18-21)34-25(28-22)30(13-12-29-14-16-32-17-15-29)24(31)26(10-2-3-11-26)19-4-6-20(27)7-5-19;/h4-9,18H,2-3,10-17H2,1H3;1H. The number of amides is 1. The van der Waals surface area contributed by atoms with E-state index in [-0.39, 0.29) is 18.3 Å². The third kappa shape index (κ3) is 5.65. The number of fused-ring (bicyclic) bond motifs is 1. The number of thiazole rings is 1. The van der Waals surface area contributed by atoms with Gasteiger partial charge in [0.25, 0.3) is 0 Å². The summed E-state index contributed by atoms with van der Waals surface area (Å²) >= 11 is 9.53. The topological polar surface area (TPSA) is 45.7 Å². The van der Waals surface area contributed by atoms with E-state index in [1.807, 2.05) is 29.2 Å². The minimum atomic E-state index is -0.516. The molecule has 1 aliphatic carbocycles. The van der Waals surface area contributed by atoms with Crippen LogP contribution in [-0.4, -0.2) is 61.4 Å². The predicted molar refractivity (Wildman–Crippen MR) is 150 cm³/mol. The first-order chi connectivity index (χ1) is 16.6. The molecule has 188 valence electrons. The average molecular weight is 553 g/mol. The second-order valence-electron chi connectivity index (χ2n) is 9.04. The normalized spacial score (nSPS) is 17.9. The highest BCUT2D eigenvalue weighted by molar-refractivity contribution is 7.98. The Morgan fingerprint density at radius 2 is 1.89 bits per heavy atom. The molecule has 0 atom stereocenters. The first kappa shape index (κ1) is 26.7. The fraction of sp³-hybridized carbons (Fsp3) is 0.462. The molecule has 0 radical (unpaired) electrons. The van der Waals surface area contributed by atoms with Crippen LogP contribution in [-0.2, 0) is 14.9 Å². The highest BCUT2D eigenvalue weighted by Crippen LogP contribution is 2.44. The molecular weight excluding hydrogens is 521 g/mol. The quantitative estimate of drug-likeness (QED) is 0.324. The van der Waals surface area contributed by atoms with E-state index < -0.39 is 5.41 Å². The number of hydrogen-bond donors (Lipinski definition) is 0. The molecule has 2 aromatic carbocycles. The van der Waals surface area contributed by atoms with Gasteiger partial charge in [-0.1, -0.05) is 47.9 Å². The van der Waals surface area contributed by atoms with E-state index in [2.05, 4.69) is 29.4 Å². The van der Waals surface area contributed by atoms with E-state index in [1.54, 1.807) is 23.1 Å². The predicted octanol–water partition coefficient (Wildman–Crippen LogP) is 6.27. The lowest BCUT2D eigenvalue weighted by Crippen LogP contribution is -2.49. The Labute approximate surface area is 226 Å². The fourth-order valence-electron chi connectivity index (χ4n) is 5.12. The number of benzene rings is 2. The molecule has 35 heavy (non-hydrogen) atoms. The third-order valence-corrected chi connectivity index (χ3v) is 9.09. The summed E-state index contributed by atoms with van der Waals surface area (Å²) in [4.78, 5) is 24.9. The molecule has 0 unspecified atom stereocenters. The van der Waals surface area contributed by atoms with Crippen molar-refractivity contribution in [2.45, 2.75) is 36.0 Å². The van der Waals surface area contributed by atoms with Crippen LogP contribution in [0.5, 0.6) is 0 Å². The molecule has 1 saturated heterocycles. The van der Waals surface area contributed by atoms with Gasteiger partial charge in [-0.2, -0.15) is 0 Å². The molecule has 0 N–H and O–H groups in total. The van der Waals surface area contributed by atoms with Crippen LogP contribution in [0.4, 0.5) is 5.13 Å². The molecular formula is C26H31Cl2N3O2S2. The molecule has 5 rings (SSSR count). The number of rotatable bonds is 7. The lowest BCUT2D eigenvalue weighted by atomic mass is 9.77. The number of ether oxygens (including phenoxy) is 1. The monoisotopic (exact) mass is 551 g/mol. The Morgan fingerprint density at radius 3 is 2.57 bits per heavy atom. The van der Waals surface area contributed by atoms with Crippen LogP contribution in [0.15, 0.2) is 47.4 Å². The molecule has 0 bridgehead atoms. The van der Waals surface area contributed by atoms with Gasteiger partial charge < -0.3 is 4.74 Å². The Kier molecular flexibility index (Phi) is 9.00. The minimum absolute atomic E-state index is 0. The molecule has 1 aliphatic heterocycles. The summed E-state index contributed by atoms with van der Waals surface area (Å²) in [6, 6.07) is 14.2. The van der Waals surface area contributed by atoms with Gasteiger partial charge in [-0.25, -0.2) is 4.98 Å². The van der Waals surface area contributed by atoms with Gasteiger partial charge in [0.15, 0.2) is 5.13 Å². The highest BCUT2D eigenvalue weighted by atomic mass is 35.5. The highest BCUT2D eigenvalue weighted by Gasteiger charge is 2.46. The molecule has 5 nitrogen and oxygen atoms in total. The van der Waals surface area contributed by atoms with Crippen molar-refractivity contribution in [3.63, 3.8) is 0 Å². The number of hydrogen-bond acceptors (Lipinski definition) is 6. The maximum atomic E-state index is 14.4. The maximum Gasteiger partial charge on any atom is 0.239 e. The molecule has 2 fully saturated rings. The molecule has 0 spiro atoms. The van der Waals surface area contributed by atoms with Gasteiger partial charge in [-0.15, -0.1) is 24.2 Å². The summed E-state index contributed by atoms with van der Waals surface area (Å²) in [5.74, 6) is 0.171.